The Morgan fingerprint density at radius 1 is 1.23 bits per heavy atom. The molecule has 3 heterocycles. The van der Waals surface area contributed by atoms with Gasteiger partial charge in [-0.25, -0.2) is 4.98 Å². The second kappa shape index (κ2) is 8.47. The summed E-state index contributed by atoms with van der Waals surface area (Å²) in [7, 11) is 0. The first-order valence-corrected chi connectivity index (χ1v) is 11.7. The number of hydrogen-bond donors (Lipinski definition) is 2. The van der Waals surface area contributed by atoms with Crippen LogP contribution in [-0.2, 0) is 17.1 Å². The van der Waals surface area contributed by atoms with Crippen LogP contribution in [0.1, 0.15) is 64.0 Å². The molecule has 1 aliphatic carbocycles. The van der Waals surface area contributed by atoms with Gasteiger partial charge in [0.1, 0.15) is 21.4 Å². The molecule has 4 rings (SSSR count). The zero-order valence-electron chi connectivity index (χ0n) is 17.9. The molecule has 3 aromatic heterocycles. The first-order chi connectivity index (χ1) is 16.1. The van der Waals surface area contributed by atoms with Gasteiger partial charge in [-0.2, -0.15) is 31.4 Å². The number of amides is 2. The third-order valence-electron chi connectivity index (χ3n) is 5.49. The standard InChI is InChI=1S/C20H16BrF6N5O2S/c1-6-5-9(19(22,23)24)29-18-10(6)12(14(35-18)16(28)33)30-17(34)7(2)32-13(8-3-4-8)11(21)15(31-32)20(25,26)27/h5,7-8H,3-4H2,1-2H3,(H2,28,33)(H,30,34). The molecule has 0 aromatic carbocycles. The van der Waals surface area contributed by atoms with Crippen LogP contribution < -0.4 is 11.1 Å². The molecule has 0 aliphatic heterocycles. The van der Waals surface area contributed by atoms with Crippen LogP contribution in [-0.4, -0.2) is 26.6 Å². The summed E-state index contributed by atoms with van der Waals surface area (Å²) in [5.74, 6) is -2.06. The zero-order valence-corrected chi connectivity index (χ0v) is 20.3. The lowest BCUT2D eigenvalue weighted by Crippen LogP contribution is -2.27. The van der Waals surface area contributed by atoms with Gasteiger partial charge >= 0.3 is 12.4 Å². The van der Waals surface area contributed by atoms with Gasteiger partial charge < -0.3 is 11.1 Å². The van der Waals surface area contributed by atoms with E-state index in [2.05, 4.69) is 31.3 Å². The number of anilines is 1. The van der Waals surface area contributed by atoms with Crippen molar-refractivity contribution in [2.75, 3.05) is 5.32 Å². The quantitative estimate of drug-likeness (QED) is 0.372. The summed E-state index contributed by atoms with van der Waals surface area (Å²) in [6.45, 7) is 2.67. The van der Waals surface area contributed by atoms with E-state index in [1.54, 1.807) is 0 Å². The van der Waals surface area contributed by atoms with Crippen LogP contribution in [0.15, 0.2) is 10.5 Å². The van der Waals surface area contributed by atoms with E-state index in [9.17, 15) is 35.9 Å². The number of pyridine rings is 1. The zero-order chi connectivity index (χ0) is 26.0. The highest BCUT2D eigenvalue weighted by Crippen LogP contribution is 2.48. The Bertz CT molecular complexity index is 1360. The molecule has 0 radical (unpaired) electrons. The van der Waals surface area contributed by atoms with Crippen molar-refractivity contribution >= 4 is 55.0 Å². The first kappa shape index (κ1) is 25.4. The van der Waals surface area contributed by atoms with E-state index < -0.39 is 41.6 Å². The molecule has 7 nitrogen and oxygen atoms in total. The maximum atomic E-state index is 13.4. The van der Waals surface area contributed by atoms with Gasteiger partial charge in [-0.15, -0.1) is 11.3 Å². The molecule has 15 heteroatoms. The number of aryl methyl sites for hydroxylation is 1. The number of nitrogens with zero attached hydrogens (tertiary/aromatic N) is 3. The Kier molecular flexibility index (Phi) is 6.15. The minimum atomic E-state index is -4.76. The molecule has 188 valence electrons. The van der Waals surface area contributed by atoms with Gasteiger partial charge in [0.15, 0.2) is 5.69 Å². The monoisotopic (exact) mass is 583 g/mol. The number of halogens is 7. The fraction of sp³-hybridized carbons (Fsp3) is 0.400. The van der Waals surface area contributed by atoms with E-state index in [1.807, 2.05) is 0 Å². The van der Waals surface area contributed by atoms with E-state index in [0.717, 1.165) is 10.7 Å². The number of aromatic nitrogens is 3. The van der Waals surface area contributed by atoms with Crippen molar-refractivity contribution in [3.8, 4) is 0 Å². The average molecular weight is 584 g/mol. The summed E-state index contributed by atoms with van der Waals surface area (Å²) < 4.78 is 80.6. The molecule has 0 saturated heterocycles. The molecule has 3 N–H and O–H groups in total. The lowest BCUT2D eigenvalue weighted by atomic mass is 10.1. The van der Waals surface area contributed by atoms with Crippen LogP contribution in [0, 0.1) is 6.92 Å². The summed E-state index contributed by atoms with van der Waals surface area (Å²) in [5.41, 5.74) is 3.18. The fourth-order valence-corrected chi connectivity index (χ4v) is 5.55. The van der Waals surface area contributed by atoms with Gasteiger partial charge in [0, 0.05) is 11.3 Å². The largest absolute Gasteiger partial charge is 0.436 e. The van der Waals surface area contributed by atoms with Crippen molar-refractivity contribution in [1.29, 1.82) is 0 Å². The molecule has 0 spiro atoms. The molecule has 3 aromatic rings. The van der Waals surface area contributed by atoms with Crippen LogP contribution in [0.5, 0.6) is 0 Å². The predicted molar refractivity (Wildman–Crippen MR) is 118 cm³/mol. The Labute approximate surface area is 205 Å². The van der Waals surface area contributed by atoms with E-state index in [4.69, 9.17) is 5.73 Å². The van der Waals surface area contributed by atoms with Gasteiger partial charge in [0.25, 0.3) is 5.91 Å². The number of primary amides is 1. The smallest absolute Gasteiger partial charge is 0.365 e. The Balaban J connectivity index is 1.77. The number of fused-ring (bicyclic) bond motifs is 1. The maximum Gasteiger partial charge on any atom is 0.436 e. The second-order valence-corrected chi connectivity index (χ2v) is 9.89. The van der Waals surface area contributed by atoms with Gasteiger partial charge in [-0.05, 0) is 54.2 Å². The van der Waals surface area contributed by atoms with Gasteiger partial charge in [0.2, 0.25) is 5.91 Å². The lowest BCUT2D eigenvalue weighted by molar-refractivity contribution is -0.142. The van der Waals surface area contributed by atoms with Crippen molar-refractivity contribution in [3.63, 3.8) is 0 Å². The molecule has 1 saturated carbocycles. The number of carbonyl (C=O) groups excluding carboxylic acids is 2. The number of hydrogen-bond acceptors (Lipinski definition) is 5. The Morgan fingerprint density at radius 2 is 1.86 bits per heavy atom. The molecule has 35 heavy (non-hydrogen) atoms. The summed E-state index contributed by atoms with van der Waals surface area (Å²) in [4.78, 5) is 28.3. The minimum Gasteiger partial charge on any atom is -0.365 e. The molecule has 1 fully saturated rings. The molecule has 1 aliphatic rings. The van der Waals surface area contributed by atoms with Gasteiger partial charge in [0.05, 0.1) is 15.9 Å². The SMILES string of the molecule is Cc1cc(C(F)(F)F)nc2sc(C(N)=O)c(NC(=O)C(C)n3nc(C(F)(F)F)c(Br)c3C3CC3)c12. The lowest BCUT2D eigenvalue weighted by Gasteiger charge is -2.16. The third-order valence-corrected chi connectivity index (χ3v) is 7.37. The highest BCUT2D eigenvalue weighted by molar-refractivity contribution is 9.10. The summed E-state index contributed by atoms with van der Waals surface area (Å²) >= 11 is 3.53. The first-order valence-electron chi connectivity index (χ1n) is 10.1. The predicted octanol–water partition coefficient (Wildman–Crippen LogP) is 5.78. The molecule has 0 bridgehead atoms. The Hall–Kier alpha value is -2.68. The summed E-state index contributed by atoms with van der Waals surface area (Å²) in [6.07, 6.45) is -8.24. The average Bonchev–Trinajstić information content (AvgIpc) is 3.39. The van der Waals surface area contributed by atoms with E-state index >= 15 is 0 Å². The molecular weight excluding hydrogens is 568 g/mol. The maximum absolute atomic E-state index is 13.4. The normalized spacial score (nSPS) is 15.5. The summed E-state index contributed by atoms with van der Waals surface area (Å²) in [6, 6.07) is -0.485. The minimum absolute atomic E-state index is 0.0777. The van der Waals surface area contributed by atoms with Crippen LogP contribution in [0.4, 0.5) is 32.0 Å². The Morgan fingerprint density at radius 3 is 2.37 bits per heavy atom. The number of nitrogens with two attached hydrogens (primary N) is 1. The number of alkyl halides is 6. The fourth-order valence-electron chi connectivity index (χ4n) is 3.69. The molecule has 1 unspecified atom stereocenters. The van der Waals surface area contributed by atoms with Crippen LogP contribution >= 0.6 is 27.3 Å². The second-order valence-electron chi connectivity index (χ2n) is 8.10. The van der Waals surface area contributed by atoms with Crippen molar-refractivity contribution in [2.24, 2.45) is 5.73 Å². The molecule has 2 amide bonds. The topological polar surface area (TPSA) is 103 Å². The van der Waals surface area contributed by atoms with Crippen LogP contribution in [0.25, 0.3) is 10.2 Å². The van der Waals surface area contributed by atoms with E-state index in [1.165, 1.54) is 13.8 Å². The van der Waals surface area contributed by atoms with Crippen molar-refractivity contribution in [1.82, 2.24) is 14.8 Å². The van der Waals surface area contributed by atoms with E-state index in [0.29, 0.717) is 24.2 Å². The number of rotatable bonds is 5. The van der Waals surface area contributed by atoms with Crippen molar-refractivity contribution in [3.05, 3.63) is 38.1 Å². The van der Waals surface area contributed by atoms with Gasteiger partial charge in [-0.3, -0.25) is 14.3 Å². The summed E-state index contributed by atoms with van der Waals surface area (Å²) in [5, 5.41) is 6.17. The molecule has 1 atom stereocenters. The highest BCUT2D eigenvalue weighted by atomic mass is 79.9. The number of nitrogens with one attached hydrogen (secondary N) is 1. The van der Waals surface area contributed by atoms with Gasteiger partial charge in [-0.1, -0.05) is 0 Å². The van der Waals surface area contributed by atoms with Crippen molar-refractivity contribution in [2.45, 2.75) is 51.0 Å². The van der Waals surface area contributed by atoms with Crippen molar-refractivity contribution < 1.29 is 35.9 Å². The number of thiophene rings is 1. The van der Waals surface area contributed by atoms with Crippen LogP contribution in [0.2, 0.25) is 0 Å². The third kappa shape index (κ3) is 4.62. The number of carbonyl (C=O) groups is 2. The van der Waals surface area contributed by atoms with Crippen LogP contribution in [0.3, 0.4) is 0 Å². The molecular formula is C20H16BrF6N5O2S. The van der Waals surface area contributed by atoms with E-state index in [-0.39, 0.29) is 42.4 Å². The highest BCUT2D eigenvalue weighted by Gasteiger charge is 2.43.